The van der Waals surface area contributed by atoms with Crippen LogP contribution in [0.4, 0.5) is 4.79 Å². The molecular formula is C9H17N3O. The zero-order valence-electron chi connectivity index (χ0n) is 8.59. The second-order valence-electron chi connectivity index (χ2n) is 3.55. The fourth-order valence-corrected chi connectivity index (χ4v) is 1.35. The van der Waals surface area contributed by atoms with Crippen LogP contribution in [0.25, 0.3) is 0 Å². The van der Waals surface area contributed by atoms with E-state index in [9.17, 15) is 4.79 Å². The molecule has 0 aromatic rings. The summed E-state index contributed by atoms with van der Waals surface area (Å²) in [6, 6.07) is 0.160. The van der Waals surface area contributed by atoms with Crippen molar-refractivity contribution < 1.29 is 4.79 Å². The average molecular weight is 183 g/mol. The van der Waals surface area contributed by atoms with Gasteiger partial charge >= 0.3 is 6.03 Å². The molecule has 0 radical (unpaired) electrons. The molecule has 0 saturated heterocycles. The SMILES string of the molecule is CNC1NC(=O)N(C(C)C)C=C1C. The lowest BCUT2D eigenvalue weighted by molar-refractivity contribution is 0.195. The molecule has 1 rings (SSSR count). The Bertz CT molecular complexity index is 235. The third-order valence-electron chi connectivity index (χ3n) is 2.15. The average Bonchev–Trinajstić information content (AvgIpc) is 2.07. The van der Waals surface area contributed by atoms with Crippen LogP contribution < -0.4 is 10.6 Å². The van der Waals surface area contributed by atoms with E-state index >= 15 is 0 Å². The van der Waals surface area contributed by atoms with Gasteiger partial charge in [0.2, 0.25) is 0 Å². The van der Waals surface area contributed by atoms with E-state index in [4.69, 9.17) is 0 Å². The number of rotatable bonds is 2. The van der Waals surface area contributed by atoms with E-state index in [1.807, 2.05) is 34.0 Å². The van der Waals surface area contributed by atoms with Crippen LogP contribution in [0.3, 0.4) is 0 Å². The molecule has 0 spiro atoms. The predicted molar refractivity (Wildman–Crippen MR) is 52.1 cm³/mol. The molecule has 1 atom stereocenters. The van der Waals surface area contributed by atoms with Crippen LogP contribution in [-0.4, -0.2) is 30.2 Å². The highest BCUT2D eigenvalue weighted by molar-refractivity contribution is 5.77. The molecule has 1 aliphatic rings. The smallest absolute Gasteiger partial charge is 0.318 e. The van der Waals surface area contributed by atoms with Gasteiger partial charge in [-0.25, -0.2) is 4.79 Å². The van der Waals surface area contributed by atoms with Crippen LogP contribution in [-0.2, 0) is 0 Å². The van der Waals surface area contributed by atoms with Crippen molar-refractivity contribution in [1.82, 2.24) is 15.5 Å². The molecule has 2 amide bonds. The fourth-order valence-electron chi connectivity index (χ4n) is 1.35. The van der Waals surface area contributed by atoms with Gasteiger partial charge in [-0.2, -0.15) is 0 Å². The van der Waals surface area contributed by atoms with Gasteiger partial charge in [0.1, 0.15) is 6.17 Å². The first-order chi connectivity index (χ1) is 6.06. The van der Waals surface area contributed by atoms with Crippen molar-refractivity contribution in [1.29, 1.82) is 0 Å². The number of likely N-dealkylation sites (N-methyl/N-ethyl adjacent to an activating group) is 1. The molecule has 0 saturated carbocycles. The normalized spacial score (nSPS) is 23.2. The van der Waals surface area contributed by atoms with Gasteiger partial charge in [0.15, 0.2) is 0 Å². The topological polar surface area (TPSA) is 44.4 Å². The van der Waals surface area contributed by atoms with Gasteiger partial charge in [-0.15, -0.1) is 0 Å². The summed E-state index contributed by atoms with van der Waals surface area (Å²) < 4.78 is 0. The Hall–Kier alpha value is -1.03. The standard InChI is InChI=1S/C9H17N3O/c1-6(2)12-5-7(3)8(10-4)11-9(12)13/h5-6,8,10H,1-4H3,(H,11,13). The Morgan fingerprint density at radius 3 is 2.69 bits per heavy atom. The lowest BCUT2D eigenvalue weighted by Gasteiger charge is -2.32. The number of hydrogen-bond acceptors (Lipinski definition) is 2. The van der Waals surface area contributed by atoms with E-state index in [0.29, 0.717) is 0 Å². The van der Waals surface area contributed by atoms with Crippen molar-refractivity contribution in [3.8, 4) is 0 Å². The minimum atomic E-state index is -0.0417. The van der Waals surface area contributed by atoms with Crippen LogP contribution in [0.1, 0.15) is 20.8 Å². The second kappa shape index (κ2) is 3.79. The lowest BCUT2D eigenvalue weighted by Crippen LogP contribution is -2.54. The third-order valence-corrected chi connectivity index (χ3v) is 2.15. The molecule has 2 N–H and O–H groups in total. The lowest BCUT2D eigenvalue weighted by atomic mass is 10.2. The number of carbonyl (C=O) groups is 1. The maximum absolute atomic E-state index is 11.5. The maximum atomic E-state index is 11.5. The highest BCUT2D eigenvalue weighted by atomic mass is 16.2. The van der Waals surface area contributed by atoms with Crippen LogP contribution in [0.2, 0.25) is 0 Å². The van der Waals surface area contributed by atoms with Crippen LogP contribution in [0.15, 0.2) is 11.8 Å². The highest BCUT2D eigenvalue weighted by Gasteiger charge is 2.24. The highest BCUT2D eigenvalue weighted by Crippen LogP contribution is 2.11. The van der Waals surface area contributed by atoms with Gasteiger partial charge in [-0.05, 0) is 33.4 Å². The number of nitrogens with zero attached hydrogens (tertiary/aromatic N) is 1. The summed E-state index contributed by atoms with van der Waals surface area (Å²) in [7, 11) is 1.83. The van der Waals surface area contributed by atoms with Crippen LogP contribution in [0, 0.1) is 0 Å². The number of hydrogen-bond donors (Lipinski definition) is 2. The molecular weight excluding hydrogens is 166 g/mol. The first-order valence-corrected chi connectivity index (χ1v) is 4.50. The predicted octanol–water partition coefficient (Wildman–Crippen LogP) is 0.869. The third kappa shape index (κ3) is 2.01. The molecule has 0 bridgehead atoms. The molecule has 4 heteroatoms. The molecule has 1 unspecified atom stereocenters. The van der Waals surface area contributed by atoms with Gasteiger partial charge in [-0.3, -0.25) is 10.2 Å². The molecule has 1 aliphatic heterocycles. The van der Waals surface area contributed by atoms with Gasteiger partial charge in [0, 0.05) is 12.2 Å². The van der Waals surface area contributed by atoms with Crippen molar-refractivity contribution in [2.24, 2.45) is 0 Å². The molecule has 74 valence electrons. The summed E-state index contributed by atoms with van der Waals surface area (Å²) in [5.41, 5.74) is 1.12. The Morgan fingerprint density at radius 1 is 1.62 bits per heavy atom. The summed E-state index contributed by atoms with van der Waals surface area (Å²) in [6.45, 7) is 5.97. The van der Waals surface area contributed by atoms with Gasteiger partial charge in [0.05, 0.1) is 0 Å². The summed E-state index contributed by atoms with van der Waals surface area (Å²) in [5.74, 6) is 0. The number of carbonyl (C=O) groups excluding carboxylic acids is 1. The summed E-state index contributed by atoms with van der Waals surface area (Å²) in [6.07, 6.45) is 1.87. The largest absolute Gasteiger partial charge is 0.323 e. The van der Waals surface area contributed by atoms with Gasteiger partial charge in [-0.1, -0.05) is 0 Å². The quantitative estimate of drug-likeness (QED) is 0.667. The molecule has 1 heterocycles. The zero-order chi connectivity index (χ0) is 10.0. The second-order valence-corrected chi connectivity index (χ2v) is 3.55. The maximum Gasteiger partial charge on any atom is 0.323 e. The molecule has 0 fully saturated rings. The summed E-state index contributed by atoms with van der Waals surface area (Å²) in [5, 5.41) is 5.87. The van der Waals surface area contributed by atoms with E-state index in [0.717, 1.165) is 5.57 Å². The minimum absolute atomic E-state index is 0.0255. The zero-order valence-corrected chi connectivity index (χ0v) is 8.59. The first kappa shape index (κ1) is 10.1. The van der Waals surface area contributed by atoms with Crippen LogP contribution in [0.5, 0.6) is 0 Å². The fraction of sp³-hybridized carbons (Fsp3) is 0.667. The van der Waals surface area contributed by atoms with E-state index < -0.39 is 0 Å². The molecule has 0 aliphatic carbocycles. The molecule has 4 nitrogen and oxygen atoms in total. The van der Waals surface area contributed by atoms with Crippen molar-refractivity contribution >= 4 is 6.03 Å². The van der Waals surface area contributed by atoms with E-state index in [1.165, 1.54) is 0 Å². The van der Waals surface area contributed by atoms with E-state index in [-0.39, 0.29) is 18.2 Å². The Balaban J connectivity index is 2.82. The summed E-state index contributed by atoms with van der Waals surface area (Å²) >= 11 is 0. The van der Waals surface area contributed by atoms with E-state index in [2.05, 4.69) is 10.6 Å². The number of nitrogens with one attached hydrogen (secondary N) is 2. The minimum Gasteiger partial charge on any atom is -0.318 e. The Labute approximate surface area is 79.0 Å². The Kier molecular flexibility index (Phi) is 2.93. The molecule has 0 aromatic carbocycles. The number of amides is 2. The van der Waals surface area contributed by atoms with Crippen molar-refractivity contribution in [2.75, 3.05) is 7.05 Å². The first-order valence-electron chi connectivity index (χ1n) is 4.50. The van der Waals surface area contributed by atoms with Crippen molar-refractivity contribution in [3.63, 3.8) is 0 Å². The molecule has 0 aromatic heterocycles. The number of urea groups is 1. The van der Waals surface area contributed by atoms with E-state index in [1.54, 1.807) is 4.90 Å². The molecule has 13 heavy (non-hydrogen) atoms. The van der Waals surface area contributed by atoms with Crippen molar-refractivity contribution in [2.45, 2.75) is 33.0 Å². The monoisotopic (exact) mass is 183 g/mol. The van der Waals surface area contributed by atoms with Crippen LogP contribution >= 0.6 is 0 Å². The summed E-state index contributed by atoms with van der Waals surface area (Å²) in [4.78, 5) is 13.2. The van der Waals surface area contributed by atoms with Gasteiger partial charge in [0.25, 0.3) is 0 Å². The Morgan fingerprint density at radius 2 is 2.23 bits per heavy atom. The van der Waals surface area contributed by atoms with Crippen molar-refractivity contribution in [3.05, 3.63) is 11.8 Å². The van der Waals surface area contributed by atoms with Gasteiger partial charge < -0.3 is 5.32 Å².